The second kappa shape index (κ2) is 9.90. The molecular weight excluding hydrogens is 410 g/mol. The summed E-state index contributed by atoms with van der Waals surface area (Å²) in [5.74, 6) is 0.929. The molecule has 0 N–H and O–H groups in total. The van der Waals surface area contributed by atoms with Crippen LogP contribution in [0.25, 0.3) is 0 Å². The number of likely N-dealkylation sites (N-methyl/N-ethyl adjacent to an activating group) is 1. The number of carbonyl (C=O) groups excluding carboxylic acids is 1. The topological polar surface area (TPSA) is 52.6 Å². The molecule has 0 bridgehead atoms. The Morgan fingerprint density at radius 2 is 1.48 bits per heavy atom. The van der Waals surface area contributed by atoms with Crippen LogP contribution in [0, 0.1) is 0 Å². The van der Waals surface area contributed by atoms with Gasteiger partial charge in [0.25, 0.3) is 0 Å². The summed E-state index contributed by atoms with van der Waals surface area (Å²) < 4.78 is 0. The molecule has 0 radical (unpaired) electrons. The molecule has 7 heteroatoms. The Labute approximate surface area is 188 Å². The largest absolute Gasteiger partial charge is 0.353 e. The average Bonchev–Trinajstić information content (AvgIpc) is 2.82. The second-order valence-corrected chi connectivity index (χ2v) is 8.09. The Bertz CT molecular complexity index is 936. The lowest BCUT2D eigenvalue weighted by atomic mass is 9.97. The molecule has 1 amide bonds. The fraction of sp³-hybridized carbons (Fsp3) is 0.292. The minimum Gasteiger partial charge on any atom is -0.353 e. The minimum absolute atomic E-state index is 0.109. The van der Waals surface area contributed by atoms with Gasteiger partial charge in [0, 0.05) is 33.2 Å². The first kappa shape index (κ1) is 21.3. The summed E-state index contributed by atoms with van der Waals surface area (Å²) in [7, 11) is 1.90. The molecular formula is C24H26ClN5O. The van der Waals surface area contributed by atoms with Crippen LogP contribution < -0.4 is 4.90 Å². The number of aromatic nitrogens is 2. The Balaban J connectivity index is 1.41. The molecule has 160 valence electrons. The molecule has 2 aromatic carbocycles. The number of nitrogens with zero attached hydrogens (tertiary/aromatic N) is 5. The van der Waals surface area contributed by atoms with Gasteiger partial charge in [0.2, 0.25) is 5.91 Å². The quantitative estimate of drug-likeness (QED) is 0.593. The average molecular weight is 436 g/mol. The normalized spacial score (nSPS) is 14.6. The van der Waals surface area contributed by atoms with E-state index in [9.17, 15) is 4.79 Å². The lowest BCUT2D eigenvalue weighted by Crippen LogP contribution is -2.50. The van der Waals surface area contributed by atoms with E-state index in [1.807, 2.05) is 54.4 Å². The third kappa shape index (κ3) is 5.21. The van der Waals surface area contributed by atoms with E-state index in [2.05, 4.69) is 44.3 Å². The first-order valence-electron chi connectivity index (χ1n) is 10.4. The van der Waals surface area contributed by atoms with Gasteiger partial charge in [-0.3, -0.25) is 9.69 Å². The molecule has 0 aliphatic carbocycles. The minimum atomic E-state index is -0.111. The molecule has 0 atom stereocenters. The van der Waals surface area contributed by atoms with Crippen molar-refractivity contribution >= 4 is 23.3 Å². The highest BCUT2D eigenvalue weighted by atomic mass is 35.5. The van der Waals surface area contributed by atoms with Crippen molar-refractivity contribution in [1.82, 2.24) is 20.0 Å². The van der Waals surface area contributed by atoms with Crippen LogP contribution in [0.5, 0.6) is 0 Å². The van der Waals surface area contributed by atoms with Crippen LogP contribution in [-0.2, 0) is 4.79 Å². The Kier molecular flexibility index (Phi) is 6.79. The van der Waals surface area contributed by atoms with Crippen LogP contribution in [0.4, 0.5) is 5.82 Å². The number of benzene rings is 2. The highest BCUT2D eigenvalue weighted by molar-refractivity contribution is 6.29. The summed E-state index contributed by atoms with van der Waals surface area (Å²) in [5, 5.41) is 8.47. The standard InChI is InChI=1S/C24H26ClN5O/c1-28(24(19-8-4-2-5-9-19)20-10-6-3-7-11-20)23(31)18-29-14-16-30(17-15-29)22-13-12-21(25)26-27-22/h2-13,24H,14-18H2,1H3. The van der Waals surface area contributed by atoms with E-state index < -0.39 is 0 Å². The maximum atomic E-state index is 13.2. The molecule has 0 spiro atoms. The monoisotopic (exact) mass is 435 g/mol. The van der Waals surface area contributed by atoms with Crippen LogP contribution in [0.2, 0.25) is 5.15 Å². The highest BCUT2D eigenvalue weighted by Gasteiger charge is 2.26. The van der Waals surface area contributed by atoms with Gasteiger partial charge in [0.15, 0.2) is 11.0 Å². The summed E-state index contributed by atoms with van der Waals surface area (Å²) in [6, 6.07) is 23.9. The lowest BCUT2D eigenvalue weighted by Gasteiger charge is -2.36. The second-order valence-electron chi connectivity index (χ2n) is 7.71. The maximum absolute atomic E-state index is 13.2. The molecule has 4 rings (SSSR count). The molecule has 1 aromatic heterocycles. The van der Waals surface area contributed by atoms with Gasteiger partial charge in [-0.2, -0.15) is 0 Å². The zero-order valence-corrected chi connectivity index (χ0v) is 18.3. The van der Waals surface area contributed by atoms with Crippen molar-refractivity contribution < 1.29 is 4.79 Å². The fourth-order valence-corrected chi connectivity index (χ4v) is 4.07. The van der Waals surface area contributed by atoms with Crippen LogP contribution in [0.15, 0.2) is 72.8 Å². The predicted molar refractivity (Wildman–Crippen MR) is 123 cm³/mol. The number of piperazine rings is 1. The number of hydrogen-bond donors (Lipinski definition) is 0. The number of hydrogen-bond acceptors (Lipinski definition) is 5. The molecule has 1 aliphatic rings. The highest BCUT2D eigenvalue weighted by Crippen LogP contribution is 2.27. The molecule has 3 aromatic rings. The van der Waals surface area contributed by atoms with Crippen molar-refractivity contribution in [2.75, 3.05) is 44.7 Å². The van der Waals surface area contributed by atoms with Gasteiger partial charge in [0.1, 0.15) is 0 Å². The van der Waals surface area contributed by atoms with Crippen molar-refractivity contribution in [3.63, 3.8) is 0 Å². The van der Waals surface area contributed by atoms with Crippen molar-refractivity contribution in [1.29, 1.82) is 0 Å². The number of anilines is 1. The van der Waals surface area contributed by atoms with Crippen LogP contribution >= 0.6 is 11.6 Å². The maximum Gasteiger partial charge on any atom is 0.237 e. The molecule has 2 heterocycles. The lowest BCUT2D eigenvalue weighted by molar-refractivity contribution is -0.132. The SMILES string of the molecule is CN(C(=O)CN1CCN(c2ccc(Cl)nn2)CC1)C(c1ccccc1)c1ccccc1. The van der Waals surface area contributed by atoms with E-state index in [1.165, 1.54) is 0 Å². The van der Waals surface area contributed by atoms with E-state index in [4.69, 9.17) is 11.6 Å². The van der Waals surface area contributed by atoms with Crippen LogP contribution in [0.1, 0.15) is 17.2 Å². The number of rotatable bonds is 6. The summed E-state index contributed by atoms with van der Waals surface area (Å²) in [6.45, 7) is 3.59. The zero-order chi connectivity index (χ0) is 21.6. The summed E-state index contributed by atoms with van der Waals surface area (Å²) in [5.41, 5.74) is 2.21. The summed E-state index contributed by atoms with van der Waals surface area (Å²) >= 11 is 5.83. The van der Waals surface area contributed by atoms with Crippen molar-refractivity contribution in [3.05, 3.63) is 89.1 Å². The Morgan fingerprint density at radius 1 is 0.903 bits per heavy atom. The molecule has 1 saturated heterocycles. The summed E-state index contributed by atoms with van der Waals surface area (Å²) in [6.07, 6.45) is 0. The zero-order valence-electron chi connectivity index (χ0n) is 17.6. The van der Waals surface area contributed by atoms with E-state index in [0.29, 0.717) is 11.7 Å². The predicted octanol–water partition coefficient (Wildman–Crippen LogP) is 3.50. The van der Waals surface area contributed by atoms with Gasteiger partial charge in [0.05, 0.1) is 12.6 Å². The van der Waals surface area contributed by atoms with E-state index in [-0.39, 0.29) is 11.9 Å². The molecule has 6 nitrogen and oxygen atoms in total. The van der Waals surface area contributed by atoms with E-state index in [0.717, 1.165) is 43.1 Å². The van der Waals surface area contributed by atoms with Gasteiger partial charge in [-0.1, -0.05) is 72.3 Å². The van der Waals surface area contributed by atoms with Crippen LogP contribution in [0.3, 0.4) is 0 Å². The van der Waals surface area contributed by atoms with Gasteiger partial charge in [-0.05, 0) is 23.3 Å². The first-order chi connectivity index (χ1) is 15.1. The van der Waals surface area contributed by atoms with Gasteiger partial charge < -0.3 is 9.80 Å². The molecule has 0 unspecified atom stereocenters. The molecule has 1 fully saturated rings. The molecule has 1 aliphatic heterocycles. The number of halogens is 1. The van der Waals surface area contributed by atoms with Crippen LogP contribution in [-0.4, -0.2) is 65.7 Å². The Morgan fingerprint density at radius 3 is 2.00 bits per heavy atom. The Hall–Kier alpha value is -2.96. The summed E-state index contributed by atoms with van der Waals surface area (Å²) in [4.78, 5) is 19.5. The fourth-order valence-electron chi connectivity index (χ4n) is 3.97. The van der Waals surface area contributed by atoms with Crippen molar-refractivity contribution in [3.8, 4) is 0 Å². The smallest absolute Gasteiger partial charge is 0.237 e. The van der Waals surface area contributed by atoms with Crippen molar-refractivity contribution in [2.45, 2.75) is 6.04 Å². The molecule has 0 saturated carbocycles. The third-order valence-electron chi connectivity index (χ3n) is 5.68. The number of carbonyl (C=O) groups is 1. The van der Waals surface area contributed by atoms with Crippen molar-refractivity contribution in [2.24, 2.45) is 0 Å². The van der Waals surface area contributed by atoms with Gasteiger partial charge >= 0.3 is 0 Å². The van der Waals surface area contributed by atoms with E-state index >= 15 is 0 Å². The first-order valence-corrected chi connectivity index (χ1v) is 10.8. The third-order valence-corrected chi connectivity index (χ3v) is 5.89. The van der Waals surface area contributed by atoms with Gasteiger partial charge in [-0.15, -0.1) is 10.2 Å². The number of amides is 1. The van der Waals surface area contributed by atoms with E-state index in [1.54, 1.807) is 6.07 Å². The van der Waals surface area contributed by atoms with Gasteiger partial charge in [-0.25, -0.2) is 0 Å². The molecule has 31 heavy (non-hydrogen) atoms.